The predicted molar refractivity (Wildman–Crippen MR) is 60.8 cm³/mol. The Morgan fingerprint density at radius 3 is 1.50 bits per heavy atom. The summed E-state index contributed by atoms with van der Waals surface area (Å²) in [4.78, 5) is 17.6. The van der Waals surface area contributed by atoms with Gasteiger partial charge in [0.25, 0.3) is 0 Å². The van der Waals surface area contributed by atoms with Crippen LogP contribution in [0.4, 0.5) is 0 Å². The maximum absolute atomic E-state index is 9.00. The van der Waals surface area contributed by atoms with Crippen LogP contribution in [0.5, 0.6) is 0 Å². The molecule has 0 aliphatic rings. The maximum atomic E-state index is 9.00. The number of rotatable bonds is 5. The molecule has 2 radical (unpaired) electrons. The predicted octanol–water partition coefficient (Wildman–Crippen LogP) is 1.35. The van der Waals surface area contributed by atoms with Gasteiger partial charge in [-0.1, -0.05) is 18.2 Å². The smallest absolute Gasteiger partial charge is 0.0682 e. The van der Waals surface area contributed by atoms with E-state index in [0.29, 0.717) is 12.3 Å². The summed E-state index contributed by atoms with van der Waals surface area (Å²) in [7, 11) is -0.221. The average molecular weight is 334 g/mol. The molecular weight excluding hydrogens is 320 g/mol. The van der Waals surface area contributed by atoms with Crippen LogP contribution in [0.3, 0.4) is 0 Å². The summed E-state index contributed by atoms with van der Waals surface area (Å²) in [5.74, 6) is 0. The zero-order valence-corrected chi connectivity index (χ0v) is 13.4. The van der Waals surface area contributed by atoms with Crippen molar-refractivity contribution in [2.45, 2.75) is 18.9 Å². The second-order valence-electron chi connectivity index (χ2n) is 2.99. The third-order valence-electron chi connectivity index (χ3n) is 1.86. The molecule has 0 amide bonds. The molecule has 0 heterocycles. The van der Waals surface area contributed by atoms with Crippen LogP contribution in [0.1, 0.15) is 16.7 Å². The Labute approximate surface area is 123 Å². The van der Waals surface area contributed by atoms with Crippen molar-refractivity contribution in [1.29, 1.82) is 0 Å². The zero-order chi connectivity index (χ0) is 10.4. The number of hydrogen-bond acceptors (Lipinski definition) is 3. The first-order chi connectivity index (χ1) is 6.80. The van der Waals surface area contributed by atoms with Gasteiger partial charge in [-0.25, -0.2) is 0 Å². The van der Waals surface area contributed by atoms with Crippen molar-refractivity contribution in [2.24, 2.45) is 0 Å². The van der Waals surface area contributed by atoms with Crippen LogP contribution in [0.15, 0.2) is 18.2 Å². The molecule has 2 atom stereocenters. The molecular formula is C9H14O3P2V2. The number of benzene rings is 1. The molecule has 0 spiro atoms. The molecule has 7 heteroatoms. The summed E-state index contributed by atoms with van der Waals surface area (Å²) in [6, 6.07) is 5.73. The molecule has 0 bridgehead atoms. The third-order valence-corrected chi connectivity index (χ3v) is 2.99. The fourth-order valence-corrected chi connectivity index (χ4v) is 2.09. The normalized spacial score (nSPS) is 10.7. The minimum Gasteiger partial charge on any atom is -0.392 e. The van der Waals surface area contributed by atoms with E-state index in [1.807, 2.05) is 18.2 Å². The molecule has 88 valence electrons. The summed E-state index contributed by atoms with van der Waals surface area (Å²) in [5, 5.41) is 9.00. The first kappa shape index (κ1) is 19.5. The van der Waals surface area contributed by atoms with E-state index in [1.165, 1.54) is 0 Å². The number of aliphatic hydroxyl groups excluding tert-OH is 1. The van der Waals surface area contributed by atoms with Crippen molar-refractivity contribution in [2.75, 3.05) is 0 Å². The van der Waals surface area contributed by atoms with Gasteiger partial charge in [-0.2, -0.15) is 0 Å². The standard InChI is InChI=1S/C9H14O3P2.2V/c10-4-7-1-8(5-13-11)3-9(2-7)6-14-12;;/h1-3,10-14H,4-6H2;;. The van der Waals surface area contributed by atoms with Crippen LogP contribution < -0.4 is 0 Å². The van der Waals surface area contributed by atoms with Gasteiger partial charge in [0.05, 0.1) is 6.61 Å². The molecule has 0 aliphatic heterocycles. The van der Waals surface area contributed by atoms with Crippen molar-refractivity contribution in [3.63, 3.8) is 0 Å². The van der Waals surface area contributed by atoms with Gasteiger partial charge in [-0.3, -0.25) is 0 Å². The monoisotopic (exact) mass is 334 g/mol. The Balaban J connectivity index is 0. The topological polar surface area (TPSA) is 60.7 Å². The average Bonchev–Trinajstić information content (AvgIpc) is 2.18. The van der Waals surface area contributed by atoms with Crippen molar-refractivity contribution >= 4 is 17.6 Å². The first-order valence-corrected chi connectivity index (χ1v) is 6.57. The Bertz CT molecular complexity index is 276. The van der Waals surface area contributed by atoms with Gasteiger partial charge in [0, 0.05) is 67.1 Å². The second kappa shape index (κ2) is 11.2. The molecule has 0 aliphatic carbocycles. The summed E-state index contributed by atoms with van der Waals surface area (Å²) in [5.41, 5.74) is 2.88. The van der Waals surface area contributed by atoms with Crippen molar-refractivity contribution in [3.8, 4) is 0 Å². The van der Waals surface area contributed by atoms with Crippen molar-refractivity contribution in [1.82, 2.24) is 0 Å². The van der Waals surface area contributed by atoms with E-state index < -0.39 is 0 Å². The van der Waals surface area contributed by atoms with Gasteiger partial charge in [-0.05, 0) is 16.7 Å². The summed E-state index contributed by atoms with van der Waals surface area (Å²) < 4.78 is 0. The number of aliphatic hydroxyl groups is 1. The van der Waals surface area contributed by atoms with E-state index in [2.05, 4.69) is 0 Å². The molecule has 3 N–H and O–H groups in total. The van der Waals surface area contributed by atoms with Crippen molar-refractivity contribution < 1.29 is 52.0 Å². The van der Waals surface area contributed by atoms with Crippen LogP contribution >= 0.6 is 17.6 Å². The molecule has 2 unspecified atom stereocenters. The molecule has 0 fully saturated rings. The van der Waals surface area contributed by atoms with E-state index in [-0.39, 0.29) is 61.3 Å². The molecule has 3 nitrogen and oxygen atoms in total. The quantitative estimate of drug-likeness (QED) is 0.713. The van der Waals surface area contributed by atoms with Crippen LogP contribution in [-0.2, 0) is 56.0 Å². The Hall–Kier alpha value is 1.13. The molecule has 0 saturated heterocycles. The van der Waals surface area contributed by atoms with Gasteiger partial charge < -0.3 is 14.9 Å². The van der Waals surface area contributed by atoms with Crippen LogP contribution in [0.25, 0.3) is 0 Å². The maximum Gasteiger partial charge on any atom is 0.0682 e. The van der Waals surface area contributed by atoms with E-state index in [0.717, 1.165) is 16.7 Å². The van der Waals surface area contributed by atoms with Crippen molar-refractivity contribution in [3.05, 3.63) is 34.9 Å². The molecule has 0 aromatic heterocycles. The first-order valence-electron chi connectivity index (χ1n) is 4.26. The van der Waals surface area contributed by atoms with E-state index in [1.54, 1.807) is 0 Å². The third kappa shape index (κ3) is 6.76. The fourth-order valence-electron chi connectivity index (χ4n) is 1.32. The van der Waals surface area contributed by atoms with Gasteiger partial charge in [0.1, 0.15) is 0 Å². The van der Waals surface area contributed by atoms with Gasteiger partial charge >= 0.3 is 0 Å². The van der Waals surface area contributed by atoms with Gasteiger partial charge in [0.2, 0.25) is 0 Å². The Morgan fingerprint density at radius 1 is 0.812 bits per heavy atom. The van der Waals surface area contributed by atoms with Crippen LogP contribution in [0, 0.1) is 0 Å². The Kier molecular flexibility index (Phi) is 13.7. The zero-order valence-electron chi connectivity index (χ0n) is 8.59. The van der Waals surface area contributed by atoms with E-state index in [4.69, 9.17) is 14.9 Å². The molecule has 1 rings (SSSR count). The Morgan fingerprint density at radius 2 is 1.19 bits per heavy atom. The number of hydrogen-bond donors (Lipinski definition) is 3. The minimum absolute atomic E-state index is 0. The SMILES string of the molecule is OCc1cc(CPO)cc(CPO)c1.[V].[V]. The fraction of sp³-hybridized carbons (Fsp3) is 0.333. The minimum atomic E-state index is -0.110. The molecule has 1 aromatic carbocycles. The summed E-state index contributed by atoms with van der Waals surface area (Å²) >= 11 is 0. The summed E-state index contributed by atoms with van der Waals surface area (Å²) in [6.45, 7) is 0.00389. The second-order valence-corrected chi connectivity index (χ2v) is 4.33. The molecule has 16 heavy (non-hydrogen) atoms. The van der Waals surface area contributed by atoms with E-state index in [9.17, 15) is 0 Å². The van der Waals surface area contributed by atoms with Gasteiger partial charge in [0.15, 0.2) is 0 Å². The van der Waals surface area contributed by atoms with E-state index >= 15 is 0 Å². The van der Waals surface area contributed by atoms with Gasteiger partial charge in [-0.15, -0.1) is 0 Å². The molecule has 1 aromatic rings. The largest absolute Gasteiger partial charge is 0.392 e. The molecule has 0 saturated carbocycles. The summed E-state index contributed by atoms with van der Waals surface area (Å²) in [6.07, 6.45) is 1.24. The van der Waals surface area contributed by atoms with Crippen LogP contribution in [0.2, 0.25) is 0 Å². The van der Waals surface area contributed by atoms with Crippen LogP contribution in [-0.4, -0.2) is 14.9 Å².